The van der Waals surface area contributed by atoms with Crippen LogP contribution in [0.2, 0.25) is 0 Å². The zero-order valence-electron chi connectivity index (χ0n) is 34.7. The summed E-state index contributed by atoms with van der Waals surface area (Å²) in [4.78, 5) is 0. The summed E-state index contributed by atoms with van der Waals surface area (Å²) < 4.78 is 103. The van der Waals surface area contributed by atoms with E-state index >= 15 is 0 Å². The molecule has 45 heavy (non-hydrogen) atoms. The molecule has 0 amide bonds. The van der Waals surface area contributed by atoms with Crippen LogP contribution in [0.15, 0.2) is 174 Å². The van der Waals surface area contributed by atoms with E-state index < -0.39 is 53.9 Å². The molecule has 1 aromatic heterocycles. The number of rotatable bonds is 4. The first-order valence-corrected chi connectivity index (χ1v) is 14.5. The van der Waals surface area contributed by atoms with E-state index in [4.69, 9.17) is 15.4 Å². The Balaban J connectivity index is 1.37. The number of hydrogen-bond acceptors (Lipinski definition) is 1. The Kier molecular flexibility index (Phi) is 3.87. The van der Waals surface area contributed by atoms with Crippen LogP contribution in [0, 0.1) is 0 Å². The fourth-order valence-corrected chi connectivity index (χ4v) is 6.26. The Morgan fingerprint density at radius 1 is 0.378 bits per heavy atom. The molecule has 9 rings (SSSR count). The van der Waals surface area contributed by atoms with Crippen molar-refractivity contribution in [3.05, 3.63) is 170 Å². The number of para-hydroxylation sites is 1. The van der Waals surface area contributed by atoms with E-state index in [1.165, 1.54) is 0 Å². The molecule has 0 fully saturated rings. The Hall–Kier alpha value is -5.92. The molecule has 0 N–H and O–H groups in total. The monoisotopic (exact) mass is 583 g/mol. The van der Waals surface area contributed by atoms with Crippen molar-refractivity contribution < 1.29 is 19.5 Å². The summed E-state index contributed by atoms with van der Waals surface area (Å²) in [6, 6.07) is 28.0. The summed E-state index contributed by atoms with van der Waals surface area (Å²) in [5.74, 6) is 0. The van der Waals surface area contributed by atoms with Gasteiger partial charge in [0.25, 0.3) is 0 Å². The van der Waals surface area contributed by atoms with E-state index in [2.05, 4.69) is 36.4 Å². The second-order valence-electron chi connectivity index (χ2n) is 10.8. The predicted octanol–water partition coefficient (Wildman–Crippen LogP) is 12.6. The standard InChI is InChI=1S/C44H28O/c1-3-12-29(13-4-1)30-22-24-32(25-23-30)42-36-16-7-9-18-38(36)43(39-19-10-8-17-37(39)42)33-26-27-35-40-21-11-20-34(31-14-5-2-6-15-31)44(40)45-41(35)28-33/h1-28H/i2D,5D,6D,11D,14D,15D,20D,21D,26D,27D,28D. The molecule has 210 valence electrons. The Morgan fingerprint density at radius 2 is 0.956 bits per heavy atom. The molecule has 0 aliphatic carbocycles. The first kappa shape index (κ1) is 16.8. The van der Waals surface area contributed by atoms with Gasteiger partial charge in [0.05, 0.1) is 15.1 Å². The normalized spacial score (nSPS) is 15.0. The van der Waals surface area contributed by atoms with Crippen LogP contribution in [0.4, 0.5) is 0 Å². The van der Waals surface area contributed by atoms with Crippen molar-refractivity contribution in [2.75, 3.05) is 0 Å². The third-order valence-corrected chi connectivity index (χ3v) is 8.27. The van der Waals surface area contributed by atoms with Gasteiger partial charge in [0.15, 0.2) is 0 Å². The molecule has 0 aliphatic heterocycles. The first-order chi connectivity index (χ1) is 26.9. The van der Waals surface area contributed by atoms with E-state index in [1.807, 2.05) is 66.7 Å². The molecule has 1 nitrogen and oxygen atoms in total. The SMILES string of the molecule is [2H]c1c([2H])c([2H])c(-c2c([2H])c([2H])c([2H])c3c2oc2c([2H])c(-c4c5ccccc5c(-c5ccc(-c6ccccc6)cc5)c5ccccc45)c([2H])c([2H])c23)c([2H])c1[2H]. The van der Waals surface area contributed by atoms with E-state index in [1.54, 1.807) is 0 Å². The molecule has 1 heterocycles. The van der Waals surface area contributed by atoms with Crippen molar-refractivity contribution in [1.29, 1.82) is 0 Å². The van der Waals surface area contributed by atoms with Gasteiger partial charge in [-0.1, -0.05) is 158 Å². The molecule has 9 aromatic rings. The smallest absolute Gasteiger partial charge is 0.143 e. The highest BCUT2D eigenvalue weighted by Gasteiger charge is 2.18. The molecule has 0 radical (unpaired) electrons. The molecule has 0 unspecified atom stereocenters. The van der Waals surface area contributed by atoms with Gasteiger partial charge >= 0.3 is 0 Å². The van der Waals surface area contributed by atoms with Crippen LogP contribution in [0.1, 0.15) is 15.1 Å². The first-order valence-electron chi connectivity index (χ1n) is 20.0. The fourth-order valence-electron chi connectivity index (χ4n) is 6.26. The van der Waals surface area contributed by atoms with Gasteiger partial charge in [0, 0.05) is 16.3 Å². The molecule has 0 saturated carbocycles. The molecular weight excluding hydrogens is 544 g/mol. The van der Waals surface area contributed by atoms with Gasteiger partial charge in [-0.2, -0.15) is 0 Å². The number of hydrogen-bond donors (Lipinski definition) is 0. The van der Waals surface area contributed by atoms with Crippen LogP contribution in [0.25, 0.3) is 88.0 Å². The highest BCUT2D eigenvalue weighted by molar-refractivity contribution is 6.22. The molecule has 8 aromatic carbocycles. The highest BCUT2D eigenvalue weighted by atomic mass is 16.3. The minimum Gasteiger partial charge on any atom is -0.455 e. The Labute approximate surface area is 277 Å². The number of furan rings is 1. The van der Waals surface area contributed by atoms with Gasteiger partial charge < -0.3 is 4.42 Å². The average molecular weight is 584 g/mol. The minimum absolute atomic E-state index is 0.102. The van der Waals surface area contributed by atoms with Crippen molar-refractivity contribution in [2.24, 2.45) is 0 Å². The van der Waals surface area contributed by atoms with Crippen molar-refractivity contribution in [2.45, 2.75) is 0 Å². The number of fused-ring (bicyclic) bond motifs is 5. The summed E-state index contributed by atoms with van der Waals surface area (Å²) in [6.07, 6.45) is 0. The van der Waals surface area contributed by atoms with Crippen LogP contribution in [-0.4, -0.2) is 0 Å². The lowest BCUT2D eigenvalue weighted by Crippen LogP contribution is -1.91. The van der Waals surface area contributed by atoms with Gasteiger partial charge in [-0.3, -0.25) is 0 Å². The molecule has 0 spiro atoms. The van der Waals surface area contributed by atoms with Crippen molar-refractivity contribution in [3.63, 3.8) is 0 Å². The van der Waals surface area contributed by atoms with Gasteiger partial charge in [-0.05, 0) is 72.6 Å². The highest BCUT2D eigenvalue weighted by Crippen LogP contribution is 2.45. The zero-order valence-corrected chi connectivity index (χ0v) is 23.7. The Bertz CT molecular complexity index is 3050. The maximum atomic E-state index is 9.64. The van der Waals surface area contributed by atoms with E-state index in [0.29, 0.717) is 5.56 Å². The van der Waals surface area contributed by atoms with Crippen LogP contribution in [0.5, 0.6) is 0 Å². The second-order valence-corrected chi connectivity index (χ2v) is 10.8. The third-order valence-electron chi connectivity index (χ3n) is 8.27. The maximum absolute atomic E-state index is 9.64. The van der Waals surface area contributed by atoms with Crippen LogP contribution < -0.4 is 0 Å². The van der Waals surface area contributed by atoms with E-state index in [-0.39, 0.29) is 51.2 Å². The van der Waals surface area contributed by atoms with Crippen LogP contribution in [-0.2, 0) is 0 Å². The lowest BCUT2D eigenvalue weighted by Gasteiger charge is -2.18. The third kappa shape index (κ3) is 4.17. The summed E-state index contributed by atoms with van der Waals surface area (Å²) in [5, 5.41) is 2.93. The average Bonchev–Trinajstić information content (AvgIpc) is 3.63. The van der Waals surface area contributed by atoms with Crippen LogP contribution >= 0.6 is 0 Å². The summed E-state index contributed by atoms with van der Waals surface area (Å²) in [7, 11) is 0. The van der Waals surface area contributed by atoms with Gasteiger partial charge in [-0.15, -0.1) is 0 Å². The molecule has 0 saturated heterocycles. The maximum Gasteiger partial charge on any atom is 0.143 e. The summed E-state index contributed by atoms with van der Waals surface area (Å²) in [6.45, 7) is 0. The predicted molar refractivity (Wildman–Crippen MR) is 190 cm³/mol. The second kappa shape index (κ2) is 10.4. The molecule has 0 aliphatic rings. The quantitative estimate of drug-likeness (QED) is 0.188. The summed E-state index contributed by atoms with van der Waals surface area (Å²) in [5.41, 5.74) is 3.56. The molecular formula is C44H28O. The minimum atomic E-state index is -0.654. The topological polar surface area (TPSA) is 13.1 Å². The largest absolute Gasteiger partial charge is 0.455 e. The van der Waals surface area contributed by atoms with Gasteiger partial charge in [0.2, 0.25) is 0 Å². The van der Waals surface area contributed by atoms with Crippen LogP contribution in [0.3, 0.4) is 0 Å². The lowest BCUT2D eigenvalue weighted by molar-refractivity contribution is 0.670. The van der Waals surface area contributed by atoms with Crippen molar-refractivity contribution in [1.82, 2.24) is 0 Å². The fraction of sp³-hybridized carbons (Fsp3) is 0. The number of benzene rings is 8. The van der Waals surface area contributed by atoms with E-state index in [9.17, 15) is 4.11 Å². The van der Waals surface area contributed by atoms with Crippen molar-refractivity contribution >= 4 is 43.5 Å². The van der Waals surface area contributed by atoms with Crippen molar-refractivity contribution in [3.8, 4) is 44.5 Å². The summed E-state index contributed by atoms with van der Waals surface area (Å²) >= 11 is 0. The zero-order chi connectivity index (χ0) is 39.3. The van der Waals surface area contributed by atoms with E-state index in [0.717, 1.165) is 43.8 Å². The molecule has 1 heteroatoms. The van der Waals surface area contributed by atoms with Gasteiger partial charge in [-0.25, -0.2) is 0 Å². The van der Waals surface area contributed by atoms with Gasteiger partial charge in [0.1, 0.15) is 11.2 Å². The lowest BCUT2D eigenvalue weighted by atomic mass is 9.85. The Morgan fingerprint density at radius 3 is 1.62 bits per heavy atom. The molecule has 0 atom stereocenters. The molecule has 0 bridgehead atoms.